The average molecular weight is 1630 g/mol. The summed E-state index contributed by atoms with van der Waals surface area (Å²) in [4.78, 5) is 53.3. The third kappa shape index (κ3) is 21.9. The molecule has 2 unspecified atom stereocenters. The van der Waals surface area contributed by atoms with E-state index in [1.165, 1.54) is 81.7 Å². The van der Waals surface area contributed by atoms with Crippen LogP contribution in [0, 0.1) is 17.5 Å². The number of nitrogens with zero attached hydrogens (tertiary/aromatic N) is 16. The monoisotopic (exact) mass is 1630 g/mol. The molecule has 4 fully saturated rings. The number of H-pyrrole nitrogens is 4. The molecule has 0 spiro atoms. The molecule has 0 amide bonds. The molecule has 12 N–H and O–H groups in total. The van der Waals surface area contributed by atoms with Crippen molar-refractivity contribution in [1.82, 2.24) is 101 Å². The third-order valence-corrected chi connectivity index (χ3v) is 19.9. The first-order chi connectivity index (χ1) is 53.7. The summed E-state index contributed by atoms with van der Waals surface area (Å²) in [7, 11) is 0. The molecule has 8 heterocycles. The second-order valence-electron chi connectivity index (χ2n) is 27.4. The van der Waals surface area contributed by atoms with Crippen molar-refractivity contribution in [2.45, 2.75) is 180 Å². The van der Waals surface area contributed by atoms with Gasteiger partial charge in [0.1, 0.15) is 40.7 Å². The number of rotatable bonds is 28. The maximum Gasteiger partial charge on any atom is 0.233 e. The minimum atomic E-state index is -0.370. The van der Waals surface area contributed by atoms with Gasteiger partial charge in [0.25, 0.3) is 0 Å². The zero-order valence-corrected chi connectivity index (χ0v) is 66.1. The molecule has 8 aromatic heterocycles. The Bertz CT molecular complexity index is 4780. The molecule has 4 aliphatic carbocycles. The van der Waals surface area contributed by atoms with Crippen molar-refractivity contribution in [3.63, 3.8) is 0 Å². The summed E-state index contributed by atoms with van der Waals surface area (Å²) in [6.07, 6.45) is 12.3. The van der Waals surface area contributed by atoms with Crippen molar-refractivity contribution < 1.29 is 13.2 Å². The minimum Gasteiger partial charge on any atom is -0.347 e. The molecule has 35 heteroatoms. The van der Waals surface area contributed by atoms with Crippen molar-refractivity contribution >= 4 is 122 Å². The fourth-order valence-corrected chi connectivity index (χ4v) is 13.0. The maximum absolute atomic E-state index is 14.2. The molecule has 0 saturated heterocycles. The third-order valence-electron chi connectivity index (χ3n) is 18.5. The van der Waals surface area contributed by atoms with Gasteiger partial charge in [-0.05, 0) is 138 Å². The van der Waals surface area contributed by atoms with Crippen LogP contribution in [-0.2, 0) is 25.7 Å². The first kappa shape index (κ1) is 78.4. The van der Waals surface area contributed by atoms with E-state index in [9.17, 15) is 13.2 Å². The molecule has 0 bridgehead atoms. The molecule has 578 valence electrons. The Morgan fingerprint density at radius 3 is 0.910 bits per heavy atom. The highest BCUT2D eigenvalue weighted by atomic mass is 79.9. The Hall–Kier alpha value is -10.7. The normalized spacial score (nSPS) is 14.7. The van der Waals surface area contributed by atoms with Gasteiger partial charge in [0.15, 0.2) is 23.3 Å². The number of aryl methyl sites for hydroxylation is 4. The predicted octanol–water partition coefficient (Wildman–Crippen LogP) is 18.9. The first-order valence-electron chi connectivity index (χ1n) is 37.1. The Morgan fingerprint density at radius 2 is 0.631 bits per heavy atom. The maximum atomic E-state index is 14.2. The van der Waals surface area contributed by atoms with E-state index in [2.05, 4.69) is 159 Å². The number of aromatic nitrogens is 20. The van der Waals surface area contributed by atoms with Gasteiger partial charge in [-0.2, -0.15) is 80.2 Å². The van der Waals surface area contributed by atoms with Gasteiger partial charge < -0.3 is 42.5 Å². The molecular weight excluding hydrogens is 1550 g/mol. The van der Waals surface area contributed by atoms with E-state index in [-0.39, 0.29) is 41.6 Å². The number of nitrogens with one attached hydrogen (secondary N) is 12. The predicted molar refractivity (Wildman–Crippen MR) is 429 cm³/mol. The fraction of sp³-hybridized carbons (Fsp3) is 0.368. The number of anilines is 12. The van der Waals surface area contributed by atoms with Gasteiger partial charge >= 0.3 is 0 Å². The number of halogens is 7. The lowest BCUT2D eigenvalue weighted by molar-refractivity contribution is 0.598. The SMILES string of the molecule is CCc1nc(Nc2cc(C3CC3)[nH]n2)nc(NC(C)c2ccc(Br)cc2F)n1.CCc1nc(Nc2cc(C3CC3)[nH]n2)nc(NC(C)c2ccccc2Cl)n1.CCc1nc(Nc2cc(C3CC3)[nH]n2)nc(N[C@@H](C)c2ccc(F)cc2Cl)n1.CCc1nc(Nc2cc(C3CC3)[nH]n2)nc(N[C@H](C)c2ccc(F)cc2Cl)n1. The summed E-state index contributed by atoms with van der Waals surface area (Å²) in [6.45, 7) is 15.7. The Balaban J connectivity index is 0.000000130. The molecule has 4 aromatic carbocycles. The van der Waals surface area contributed by atoms with E-state index < -0.39 is 0 Å². The second kappa shape index (κ2) is 36.0. The standard InChI is InChI=1S/C19H21BrFN7.2C19H21ClFN7.C19H22ClN7/c1-3-16-23-18(22-10(2)13-7-6-12(20)8-14(13)21)26-19(24-16)25-17-9-15(27-28-17)11-4-5-11;2*1-3-16-23-18(22-10(2)13-7-6-12(21)8-14(13)20)26-19(24-16)25-17-9-15(27-28-17)11-4-5-11;1-3-16-22-18(21-11(2)13-6-4-5-7-14(13)20)25-19(23-16)24-17-10-15(26-27-17)12-8-9-12/h3*6-11H,3-5H2,1-2H3,(H3,22,23,24,25,26,27,28);4-7,10-12H,3,8-9H2,1-2H3,(H3,21,22,23,24,25,26,27)/t;2*10-;/m.10./s1. The van der Waals surface area contributed by atoms with Gasteiger partial charge in [-0.15, -0.1) is 0 Å². The molecule has 4 aliphatic rings. The number of hydrogen-bond donors (Lipinski definition) is 12. The average Bonchev–Trinajstić information content (AvgIpc) is 1.81. The van der Waals surface area contributed by atoms with Crippen LogP contribution in [0.1, 0.15) is 223 Å². The lowest BCUT2D eigenvalue weighted by atomic mass is 10.1. The van der Waals surface area contributed by atoms with Crippen LogP contribution < -0.4 is 42.5 Å². The minimum absolute atomic E-state index is 0.0366. The van der Waals surface area contributed by atoms with E-state index in [0.29, 0.717) is 163 Å². The zero-order chi connectivity index (χ0) is 77.8. The van der Waals surface area contributed by atoms with Gasteiger partial charge in [0.05, 0.1) is 24.2 Å². The Labute approximate surface area is 662 Å². The Morgan fingerprint density at radius 1 is 0.351 bits per heavy atom. The van der Waals surface area contributed by atoms with Crippen LogP contribution in [0.2, 0.25) is 15.1 Å². The van der Waals surface area contributed by atoms with Crippen LogP contribution >= 0.6 is 50.7 Å². The van der Waals surface area contributed by atoms with Gasteiger partial charge in [0, 0.05) is 122 Å². The van der Waals surface area contributed by atoms with E-state index >= 15 is 0 Å². The molecule has 111 heavy (non-hydrogen) atoms. The molecule has 0 radical (unpaired) electrons. The number of aromatic amines is 4. The number of benzene rings is 4. The lowest BCUT2D eigenvalue weighted by Gasteiger charge is -2.16. The quantitative estimate of drug-likeness (QED) is 0.0217. The van der Waals surface area contributed by atoms with Gasteiger partial charge in [-0.25, -0.2) is 13.2 Å². The summed E-state index contributed by atoms with van der Waals surface area (Å²) < 4.78 is 41.5. The van der Waals surface area contributed by atoms with Crippen LogP contribution in [0.15, 0.2) is 108 Å². The summed E-state index contributed by atoms with van der Waals surface area (Å²) >= 11 is 21.9. The second-order valence-corrected chi connectivity index (χ2v) is 29.6. The van der Waals surface area contributed by atoms with Crippen LogP contribution in [0.4, 0.5) is 84.0 Å². The van der Waals surface area contributed by atoms with Gasteiger partial charge in [0.2, 0.25) is 47.6 Å². The molecular formula is C76H85BrCl3F3N28. The molecule has 12 aromatic rings. The Kier molecular flexibility index (Phi) is 25.4. The topological polar surface area (TPSA) is 366 Å². The van der Waals surface area contributed by atoms with E-state index in [4.69, 9.17) is 34.8 Å². The van der Waals surface area contributed by atoms with Crippen molar-refractivity contribution in [2.75, 3.05) is 42.5 Å². The van der Waals surface area contributed by atoms with Gasteiger partial charge in [-0.1, -0.05) is 115 Å². The first-order valence-corrected chi connectivity index (χ1v) is 39.0. The van der Waals surface area contributed by atoms with E-state index in [1.54, 1.807) is 18.2 Å². The molecule has 0 aliphatic heterocycles. The molecule has 4 saturated carbocycles. The summed E-state index contributed by atoms with van der Waals surface area (Å²) in [6, 6.07) is 28.6. The van der Waals surface area contributed by atoms with Crippen molar-refractivity contribution in [2.24, 2.45) is 0 Å². The zero-order valence-electron chi connectivity index (χ0n) is 62.2. The van der Waals surface area contributed by atoms with Crippen LogP contribution in [0.5, 0.6) is 0 Å². The molecule has 4 atom stereocenters. The van der Waals surface area contributed by atoms with Gasteiger partial charge in [-0.3, -0.25) is 20.4 Å². The highest BCUT2D eigenvalue weighted by molar-refractivity contribution is 9.10. The van der Waals surface area contributed by atoms with Crippen LogP contribution in [0.3, 0.4) is 0 Å². The van der Waals surface area contributed by atoms with Crippen LogP contribution in [0.25, 0.3) is 0 Å². The molecule has 28 nitrogen and oxygen atoms in total. The fourth-order valence-electron chi connectivity index (χ4n) is 11.7. The van der Waals surface area contributed by atoms with Crippen molar-refractivity contribution in [3.05, 3.63) is 208 Å². The lowest BCUT2D eigenvalue weighted by Crippen LogP contribution is -2.14. The largest absolute Gasteiger partial charge is 0.347 e. The number of hydrogen-bond acceptors (Lipinski definition) is 24. The van der Waals surface area contributed by atoms with Crippen LogP contribution in [-0.4, -0.2) is 101 Å². The summed E-state index contributed by atoms with van der Waals surface area (Å²) in [5, 5.41) is 56.3. The smallest absolute Gasteiger partial charge is 0.233 e. The highest BCUT2D eigenvalue weighted by Crippen LogP contribution is 2.43. The van der Waals surface area contributed by atoms with Crippen molar-refractivity contribution in [1.29, 1.82) is 0 Å². The summed E-state index contributed by atoms with van der Waals surface area (Å²) in [5.74, 6) is 10.2. The van der Waals surface area contributed by atoms with E-state index in [0.717, 1.165) is 45.3 Å². The summed E-state index contributed by atoms with van der Waals surface area (Å²) in [5.41, 5.74) is 7.61. The highest BCUT2D eigenvalue weighted by Gasteiger charge is 2.30. The van der Waals surface area contributed by atoms with Crippen molar-refractivity contribution in [3.8, 4) is 0 Å². The van der Waals surface area contributed by atoms with E-state index in [1.807, 2.05) is 110 Å². The molecule has 16 rings (SSSR count).